The Balaban J connectivity index is 1.70. The Bertz CT molecular complexity index is 810. The van der Waals surface area contributed by atoms with Crippen molar-refractivity contribution in [2.24, 2.45) is 0 Å². The predicted octanol–water partition coefficient (Wildman–Crippen LogP) is 3.82. The predicted molar refractivity (Wildman–Crippen MR) is 97.0 cm³/mol. The van der Waals surface area contributed by atoms with E-state index in [9.17, 15) is 4.79 Å². The van der Waals surface area contributed by atoms with Gasteiger partial charge in [-0.15, -0.1) is 0 Å². The zero-order valence-electron chi connectivity index (χ0n) is 14.2. The molecule has 1 amide bonds. The number of carbonyl (C=O) groups excluding carboxylic acids is 1. The summed E-state index contributed by atoms with van der Waals surface area (Å²) in [6, 6.07) is 8.44. The van der Waals surface area contributed by atoms with Crippen molar-refractivity contribution in [3.63, 3.8) is 0 Å². The molecule has 25 heavy (non-hydrogen) atoms. The molecule has 2 aromatic carbocycles. The summed E-state index contributed by atoms with van der Waals surface area (Å²) in [6.07, 6.45) is 0. The summed E-state index contributed by atoms with van der Waals surface area (Å²) in [7, 11) is 1.53. The zero-order chi connectivity index (χ0) is 18.0. The molecular formula is C18H19ClN2O4. The molecule has 0 spiro atoms. The first-order valence-electron chi connectivity index (χ1n) is 7.79. The molecule has 1 atom stereocenters. The number of ether oxygens (including phenoxy) is 3. The van der Waals surface area contributed by atoms with Gasteiger partial charge in [-0.1, -0.05) is 11.6 Å². The van der Waals surface area contributed by atoms with Crippen LogP contribution >= 0.6 is 11.6 Å². The summed E-state index contributed by atoms with van der Waals surface area (Å²) < 4.78 is 15.9. The number of carbonyl (C=O) groups is 1. The van der Waals surface area contributed by atoms with Crippen LogP contribution in [0.4, 0.5) is 11.4 Å². The number of amides is 1. The van der Waals surface area contributed by atoms with Crippen LogP contribution in [0.1, 0.15) is 12.5 Å². The highest BCUT2D eigenvalue weighted by Crippen LogP contribution is 2.34. The van der Waals surface area contributed by atoms with Gasteiger partial charge in [0, 0.05) is 22.8 Å². The van der Waals surface area contributed by atoms with Crippen LogP contribution in [0.3, 0.4) is 0 Å². The topological polar surface area (TPSA) is 68.8 Å². The lowest BCUT2D eigenvalue weighted by molar-refractivity contribution is -0.116. The third-order valence-electron chi connectivity index (χ3n) is 3.89. The summed E-state index contributed by atoms with van der Waals surface area (Å²) >= 11 is 6.09. The molecule has 3 rings (SSSR count). The number of hydrogen-bond acceptors (Lipinski definition) is 5. The third-order valence-corrected chi connectivity index (χ3v) is 4.29. The van der Waals surface area contributed by atoms with E-state index >= 15 is 0 Å². The summed E-state index contributed by atoms with van der Waals surface area (Å²) in [5.41, 5.74) is 2.20. The summed E-state index contributed by atoms with van der Waals surface area (Å²) in [6.45, 7) is 3.85. The minimum Gasteiger partial charge on any atom is -0.495 e. The lowest BCUT2D eigenvalue weighted by Crippen LogP contribution is -2.32. The van der Waals surface area contributed by atoms with E-state index in [1.807, 2.05) is 13.0 Å². The van der Waals surface area contributed by atoms with Crippen molar-refractivity contribution in [3.8, 4) is 17.2 Å². The van der Waals surface area contributed by atoms with Crippen LogP contribution in [0.5, 0.6) is 17.2 Å². The smallest absolute Gasteiger partial charge is 0.246 e. The quantitative estimate of drug-likeness (QED) is 0.846. The van der Waals surface area contributed by atoms with E-state index in [0.29, 0.717) is 28.0 Å². The number of nitrogens with one attached hydrogen (secondary N) is 2. The van der Waals surface area contributed by atoms with Crippen LogP contribution in [0.2, 0.25) is 5.02 Å². The largest absolute Gasteiger partial charge is 0.495 e. The van der Waals surface area contributed by atoms with E-state index in [1.54, 1.807) is 31.2 Å². The fourth-order valence-electron chi connectivity index (χ4n) is 2.47. The molecular weight excluding hydrogens is 344 g/mol. The Morgan fingerprint density at radius 2 is 2.00 bits per heavy atom. The van der Waals surface area contributed by atoms with E-state index in [4.69, 9.17) is 25.8 Å². The van der Waals surface area contributed by atoms with Crippen molar-refractivity contribution in [2.75, 3.05) is 24.5 Å². The monoisotopic (exact) mass is 362 g/mol. The molecule has 132 valence electrons. The molecule has 0 aliphatic carbocycles. The standard InChI is InChI=1S/C18H19ClN2O4/c1-10-6-14(16(23-3)8-13(10)19)21-18(22)11(2)20-12-4-5-15-17(7-12)25-9-24-15/h4-8,11,20H,9H2,1-3H3,(H,21,22)/t11-/m0/s1. The molecule has 0 saturated carbocycles. The fraction of sp³-hybridized carbons (Fsp3) is 0.278. The molecule has 7 heteroatoms. The molecule has 1 heterocycles. The van der Waals surface area contributed by atoms with E-state index in [1.165, 1.54) is 7.11 Å². The number of benzene rings is 2. The van der Waals surface area contributed by atoms with Gasteiger partial charge in [-0.2, -0.15) is 0 Å². The highest BCUT2D eigenvalue weighted by Gasteiger charge is 2.18. The molecule has 0 fully saturated rings. The van der Waals surface area contributed by atoms with Crippen LogP contribution in [0.15, 0.2) is 30.3 Å². The molecule has 1 aliphatic rings. The third kappa shape index (κ3) is 3.74. The van der Waals surface area contributed by atoms with Crippen molar-refractivity contribution in [2.45, 2.75) is 19.9 Å². The molecule has 0 aromatic heterocycles. The van der Waals surface area contributed by atoms with Crippen LogP contribution in [-0.4, -0.2) is 25.9 Å². The van der Waals surface area contributed by atoms with Crippen LogP contribution < -0.4 is 24.8 Å². The number of halogens is 1. The van der Waals surface area contributed by atoms with Crippen LogP contribution in [-0.2, 0) is 4.79 Å². The van der Waals surface area contributed by atoms with Gasteiger partial charge in [-0.25, -0.2) is 0 Å². The molecule has 0 unspecified atom stereocenters. The second kappa shape index (κ2) is 7.11. The second-order valence-corrected chi connectivity index (χ2v) is 6.13. The minimum atomic E-state index is -0.471. The lowest BCUT2D eigenvalue weighted by Gasteiger charge is -2.17. The highest BCUT2D eigenvalue weighted by molar-refractivity contribution is 6.31. The maximum Gasteiger partial charge on any atom is 0.246 e. The first kappa shape index (κ1) is 17.2. The van der Waals surface area contributed by atoms with Gasteiger partial charge in [0.05, 0.1) is 12.8 Å². The summed E-state index contributed by atoms with van der Waals surface area (Å²) in [5.74, 6) is 1.67. The molecule has 6 nitrogen and oxygen atoms in total. The lowest BCUT2D eigenvalue weighted by atomic mass is 10.2. The number of fused-ring (bicyclic) bond motifs is 1. The Labute approximate surface area is 151 Å². The number of anilines is 2. The maximum absolute atomic E-state index is 12.5. The average Bonchev–Trinajstić information content (AvgIpc) is 3.05. The van der Waals surface area contributed by atoms with Crippen molar-refractivity contribution in [1.29, 1.82) is 0 Å². The molecule has 0 saturated heterocycles. The van der Waals surface area contributed by atoms with Gasteiger partial charge in [0.1, 0.15) is 11.8 Å². The minimum absolute atomic E-state index is 0.197. The number of aryl methyl sites for hydroxylation is 1. The Kier molecular flexibility index (Phi) is 4.90. The van der Waals surface area contributed by atoms with E-state index in [2.05, 4.69) is 10.6 Å². The molecule has 0 radical (unpaired) electrons. The summed E-state index contributed by atoms with van der Waals surface area (Å²) in [4.78, 5) is 12.5. The molecule has 2 aromatic rings. The van der Waals surface area contributed by atoms with Gasteiger partial charge < -0.3 is 24.8 Å². The number of methoxy groups -OCH3 is 1. The van der Waals surface area contributed by atoms with Crippen molar-refractivity contribution in [3.05, 3.63) is 40.9 Å². The highest BCUT2D eigenvalue weighted by atomic mass is 35.5. The van der Waals surface area contributed by atoms with Crippen LogP contribution in [0, 0.1) is 6.92 Å². The van der Waals surface area contributed by atoms with Crippen molar-refractivity contribution < 1.29 is 19.0 Å². The average molecular weight is 363 g/mol. The number of hydrogen-bond donors (Lipinski definition) is 2. The molecule has 1 aliphatic heterocycles. The molecule has 0 bridgehead atoms. The maximum atomic E-state index is 12.5. The van der Waals surface area contributed by atoms with Gasteiger partial charge in [0.15, 0.2) is 11.5 Å². The number of rotatable bonds is 5. The van der Waals surface area contributed by atoms with Gasteiger partial charge in [-0.3, -0.25) is 4.79 Å². The Hall–Kier alpha value is -2.60. The van der Waals surface area contributed by atoms with Gasteiger partial charge in [0.25, 0.3) is 0 Å². The SMILES string of the molecule is COc1cc(Cl)c(C)cc1NC(=O)[C@H](C)Nc1ccc2c(c1)OCO2. The second-order valence-electron chi connectivity index (χ2n) is 5.72. The van der Waals surface area contributed by atoms with E-state index in [-0.39, 0.29) is 12.7 Å². The van der Waals surface area contributed by atoms with Gasteiger partial charge >= 0.3 is 0 Å². The first-order chi connectivity index (χ1) is 12.0. The Morgan fingerprint density at radius 3 is 2.76 bits per heavy atom. The van der Waals surface area contributed by atoms with E-state index < -0.39 is 6.04 Å². The Morgan fingerprint density at radius 1 is 1.24 bits per heavy atom. The normalized spacial score (nSPS) is 13.3. The van der Waals surface area contributed by atoms with Crippen LogP contribution in [0.25, 0.3) is 0 Å². The van der Waals surface area contributed by atoms with E-state index in [0.717, 1.165) is 11.3 Å². The zero-order valence-corrected chi connectivity index (χ0v) is 14.9. The fourth-order valence-corrected chi connectivity index (χ4v) is 2.63. The van der Waals surface area contributed by atoms with Gasteiger partial charge in [0.2, 0.25) is 12.7 Å². The van der Waals surface area contributed by atoms with Crippen molar-refractivity contribution >= 4 is 28.9 Å². The molecule has 2 N–H and O–H groups in total. The first-order valence-corrected chi connectivity index (χ1v) is 8.17. The summed E-state index contributed by atoms with van der Waals surface area (Å²) in [5, 5.41) is 6.59. The van der Waals surface area contributed by atoms with Gasteiger partial charge in [-0.05, 0) is 37.6 Å². The van der Waals surface area contributed by atoms with Crippen molar-refractivity contribution in [1.82, 2.24) is 0 Å².